The number of nitrogens with one attached hydrogen (secondary N) is 1. The van der Waals surface area contributed by atoms with Gasteiger partial charge in [0.25, 0.3) is 5.91 Å². The Labute approximate surface area is 152 Å². The molecule has 3 amide bonds. The molecule has 2 rings (SSSR count). The fraction of sp³-hybridized carbons (Fsp3) is 0.389. The molecule has 0 spiro atoms. The highest BCUT2D eigenvalue weighted by Crippen LogP contribution is 2.15. The van der Waals surface area contributed by atoms with Crippen molar-refractivity contribution in [3.8, 4) is 0 Å². The van der Waals surface area contributed by atoms with Gasteiger partial charge in [0.1, 0.15) is 5.82 Å². The molecule has 7 nitrogen and oxygen atoms in total. The first-order valence-corrected chi connectivity index (χ1v) is 8.51. The summed E-state index contributed by atoms with van der Waals surface area (Å²) in [7, 11) is 0. The zero-order valence-electron chi connectivity index (χ0n) is 15.2. The predicted molar refractivity (Wildman–Crippen MR) is 97.4 cm³/mol. The minimum absolute atomic E-state index is 0.0300. The van der Waals surface area contributed by atoms with Gasteiger partial charge in [0.15, 0.2) is 5.69 Å². The van der Waals surface area contributed by atoms with Crippen molar-refractivity contribution in [3.63, 3.8) is 0 Å². The number of rotatable bonds is 7. The number of urea groups is 1. The number of carbonyl (C=O) groups excluding carboxylic acids is 2. The van der Waals surface area contributed by atoms with E-state index in [0.717, 1.165) is 5.56 Å². The standard InChI is InChI=1S/C18H24FN5O2/c1-4-23-11-15(16(22-23)17(20)25)21-18(26)24(12(2)3)10-9-13-5-7-14(19)8-6-13/h5-8,11-12H,4,9-10H2,1-3H3,(H2,20,25)(H,21,26). The number of amides is 3. The van der Waals surface area contributed by atoms with Gasteiger partial charge in [-0.3, -0.25) is 9.48 Å². The number of halogens is 1. The van der Waals surface area contributed by atoms with Gasteiger partial charge in [-0.2, -0.15) is 5.10 Å². The Morgan fingerprint density at radius 1 is 1.31 bits per heavy atom. The lowest BCUT2D eigenvalue weighted by atomic mass is 10.1. The molecule has 0 fully saturated rings. The summed E-state index contributed by atoms with van der Waals surface area (Å²) in [6.07, 6.45) is 2.17. The van der Waals surface area contributed by atoms with Gasteiger partial charge in [-0.1, -0.05) is 12.1 Å². The first-order valence-electron chi connectivity index (χ1n) is 8.51. The van der Waals surface area contributed by atoms with Gasteiger partial charge in [-0.25, -0.2) is 9.18 Å². The summed E-state index contributed by atoms with van der Waals surface area (Å²) in [5, 5.41) is 6.78. The lowest BCUT2D eigenvalue weighted by Gasteiger charge is -2.27. The fourth-order valence-electron chi connectivity index (χ4n) is 2.54. The van der Waals surface area contributed by atoms with E-state index in [-0.39, 0.29) is 29.3 Å². The zero-order chi connectivity index (χ0) is 19.3. The topological polar surface area (TPSA) is 93.3 Å². The second-order valence-corrected chi connectivity index (χ2v) is 6.21. The van der Waals surface area contributed by atoms with E-state index in [0.29, 0.717) is 19.5 Å². The molecular weight excluding hydrogens is 337 g/mol. The lowest BCUT2D eigenvalue weighted by molar-refractivity contribution is 0.0995. The Morgan fingerprint density at radius 2 is 1.96 bits per heavy atom. The van der Waals surface area contributed by atoms with Crippen LogP contribution in [0.15, 0.2) is 30.5 Å². The van der Waals surface area contributed by atoms with Crippen LogP contribution in [0.25, 0.3) is 0 Å². The minimum atomic E-state index is -0.699. The number of nitrogens with two attached hydrogens (primary N) is 1. The van der Waals surface area contributed by atoms with Crippen molar-refractivity contribution >= 4 is 17.6 Å². The number of carbonyl (C=O) groups is 2. The summed E-state index contributed by atoms with van der Waals surface area (Å²) >= 11 is 0. The molecule has 1 aromatic carbocycles. The van der Waals surface area contributed by atoms with Gasteiger partial charge >= 0.3 is 6.03 Å². The molecule has 140 valence electrons. The smallest absolute Gasteiger partial charge is 0.322 e. The molecule has 1 heterocycles. The van der Waals surface area contributed by atoms with E-state index < -0.39 is 5.91 Å². The largest absolute Gasteiger partial charge is 0.364 e. The summed E-state index contributed by atoms with van der Waals surface area (Å²) in [6.45, 7) is 6.66. The molecule has 0 saturated carbocycles. The molecule has 0 aliphatic rings. The zero-order valence-corrected chi connectivity index (χ0v) is 15.2. The van der Waals surface area contributed by atoms with E-state index in [9.17, 15) is 14.0 Å². The molecule has 0 aliphatic heterocycles. The highest BCUT2D eigenvalue weighted by Gasteiger charge is 2.21. The number of aryl methyl sites for hydroxylation is 1. The van der Waals surface area contributed by atoms with Crippen LogP contribution in [0.2, 0.25) is 0 Å². The Morgan fingerprint density at radius 3 is 2.50 bits per heavy atom. The van der Waals surface area contributed by atoms with Crippen LogP contribution >= 0.6 is 0 Å². The predicted octanol–water partition coefficient (Wildman–Crippen LogP) is 2.63. The van der Waals surface area contributed by atoms with E-state index in [4.69, 9.17) is 5.73 Å². The summed E-state index contributed by atoms with van der Waals surface area (Å²) < 4.78 is 14.5. The molecule has 8 heteroatoms. The van der Waals surface area contributed by atoms with Crippen molar-refractivity contribution in [2.45, 2.75) is 39.8 Å². The Bertz CT molecular complexity index is 770. The number of benzene rings is 1. The maximum atomic E-state index is 13.0. The quantitative estimate of drug-likeness (QED) is 0.794. The molecule has 0 radical (unpaired) electrons. The molecule has 0 bridgehead atoms. The SMILES string of the molecule is CCn1cc(NC(=O)N(CCc2ccc(F)cc2)C(C)C)c(C(N)=O)n1. The lowest BCUT2D eigenvalue weighted by Crippen LogP contribution is -2.41. The first kappa shape index (κ1) is 19.4. The third-order valence-electron chi connectivity index (χ3n) is 4.00. The number of aromatic nitrogens is 2. The number of hydrogen-bond acceptors (Lipinski definition) is 3. The van der Waals surface area contributed by atoms with Crippen LogP contribution in [0.4, 0.5) is 14.9 Å². The van der Waals surface area contributed by atoms with Crippen LogP contribution in [0, 0.1) is 5.82 Å². The van der Waals surface area contributed by atoms with E-state index >= 15 is 0 Å². The third-order valence-corrected chi connectivity index (χ3v) is 4.00. The van der Waals surface area contributed by atoms with Crippen LogP contribution in [0.3, 0.4) is 0 Å². The molecule has 0 aliphatic carbocycles. The van der Waals surface area contributed by atoms with Gasteiger partial charge in [-0.15, -0.1) is 0 Å². The fourth-order valence-corrected chi connectivity index (χ4v) is 2.54. The van der Waals surface area contributed by atoms with Crippen molar-refractivity contribution in [2.24, 2.45) is 5.73 Å². The Hall–Kier alpha value is -2.90. The number of nitrogens with zero attached hydrogens (tertiary/aromatic N) is 3. The van der Waals surface area contributed by atoms with Crippen molar-refractivity contribution in [3.05, 3.63) is 47.5 Å². The van der Waals surface area contributed by atoms with Crippen LogP contribution in [-0.4, -0.2) is 39.2 Å². The Kier molecular flexibility index (Phi) is 6.32. The monoisotopic (exact) mass is 361 g/mol. The number of anilines is 1. The first-order chi connectivity index (χ1) is 12.3. The van der Waals surface area contributed by atoms with Crippen molar-refractivity contribution in [2.75, 3.05) is 11.9 Å². The highest BCUT2D eigenvalue weighted by atomic mass is 19.1. The molecule has 26 heavy (non-hydrogen) atoms. The van der Waals surface area contributed by atoms with Crippen LogP contribution in [-0.2, 0) is 13.0 Å². The normalized spacial score (nSPS) is 10.8. The summed E-state index contributed by atoms with van der Waals surface area (Å²) in [5.74, 6) is -0.992. The Balaban J connectivity index is 2.09. The van der Waals surface area contributed by atoms with Gasteiger partial charge in [0, 0.05) is 25.3 Å². The third kappa shape index (κ3) is 4.81. The molecule has 1 aromatic heterocycles. The van der Waals surface area contributed by atoms with Crippen LogP contribution in [0.1, 0.15) is 36.8 Å². The second kappa shape index (κ2) is 8.46. The molecular formula is C18H24FN5O2. The molecule has 0 saturated heterocycles. The average molecular weight is 361 g/mol. The number of hydrogen-bond donors (Lipinski definition) is 2. The van der Waals surface area contributed by atoms with E-state index in [1.165, 1.54) is 16.8 Å². The van der Waals surface area contributed by atoms with Crippen LogP contribution in [0.5, 0.6) is 0 Å². The van der Waals surface area contributed by atoms with Crippen molar-refractivity contribution in [1.29, 1.82) is 0 Å². The molecule has 0 atom stereocenters. The molecule has 2 aromatic rings. The summed E-state index contributed by atoms with van der Waals surface area (Å²) in [6, 6.07) is 5.78. The van der Waals surface area contributed by atoms with Gasteiger partial charge in [0.2, 0.25) is 0 Å². The second-order valence-electron chi connectivity index (χ2n) is 6.21. The summed E-state index contributed by atoms with van der Waals surface area (Å²) in [5.41, 5.74) is 6.58. The number of primary amides is 1. The van der Waals surface area contributed by atoms with Crippen LogP contribution < -0.4 is 11.1 Å². The van der Waals surface area contributed by atoms with E-state index in [2.05, 4.69) is 10.4 Å². The van der Waals surface area contributed by atoms with Gasteiger partial charge < -0.3 is 16.0 Å². The molecule has 0 unspecified atom stereocenters. The highest BCUT2D eigenvalue weighted by molar-refractivity contribution is 6.01. The van der Waals surface area contributed by atoms with E-state index in [1.807, 2.05) is 20.8 Å². The maximum absolute atomic E-state index is 13.0. The van der Waals surface area contributed by atoms with Gasteiger partial charge in [-0.05, 0) is 44.9 Å². The van der Waals surface area contributed by atoms with E-state index in [1.54, 1.807) is 23.2 Å². The minimum Gasteiger partial charge on any atom is -0.364 e. The summed E-state index contributed by atoms with van der Waals surface area (Å²) in [4.78, 5) is 25.8. The van der Waals surface area contributed by atoms with Gasteiger partial charge in [0.05, 0.1) is 5.69 Å². The average Bonchev–Trinajstić information content (AvgIpc) is 2.99. The molecule has 3 N–H and O–H groups in total. The van der Waals surface area contributed by atoms with Crippen molar-refractivity contribution in [1.82, 2.24) is 14.7 Å². The maximum Gasteiger partial charge on any atom is 0.322 e. The van der Waals surface area contributed by atoms with Crippen molar-refractivity contribution < 1.29 is 14.0 Å².